The van der Waals surface area contributed by atoms with Crippen LogP contribution in [0.2, 0.25) is 5.02 Å². The number of aromatic nitrogens is 3. The van der Waals surface area contributed by atoms with Gasteiger partial charge in [0, 0.05) is 15.5 Å². The molecule has 10 heteroatoms. The number of thiazole rings is 1. The molecule has 0 bridgehead atoms. The topological polar surface area (TPSA) is 53.0 Å². The maximum atomic E-state index is 13.8. The van der Waals surface area contributed by atoms with Crippen LogP contribution in [0.3, 0.4) is 0 Å². The molecule has 0 fully saturated rings. The van der Waals surface area contributed by atoms with Crippen LogP contribution in [0.1, 0.15) is 11.3 Å². The third-order valence-corrected chi connectivity index (χ3v) is 9.20. The first-order chi connectivity index (χ1) is 17.1. The Morgan fingerprint density at radius 2 is 1.97 bits per heavy atom. The molecule has 0 saturated carbocycles. The molecule has 0 aliphatic rings. The molecule has 0 amide bonds. The molecule has 6 aromatic rings. The van der Waals surface area contributed by atoms with Crippen molar-refractivity contribution in [3.05, 3.63) is 103 Å². The number of nitrogens with zero attached hydrogens (tertiary/aromatic N) is 3. The largest absolute Gasteiger partial charge is 0.467 e. The van der Waals surface area contributed by atoms with Gasteiger partial charge in [0.15, 0.2) is 14.8 Å². The summed E-state index contributed by atoms with van der Waals surface area (Å²) >= 11 is 16.4. The second-order valence-corrected chi connectivity index (χ2v) is 11.7. The number of benzene rings is 2. The summed E-state index contributed by atoms with van der Waals surface area (Å²) in [5.41, 5.74) is 2.37. The van der Waals surface area contributed by atoms with Gasteiger partial charge in [0.2, 0.25) is 0 Å². The fraction of sp³-hybridized carbons (Fsp3) is 0.0800. The third-order valence-electron chi connectivity index (χ3n) is 5.54. The van der Waals surface area contributed by atoms with E-state index in [9.17, 15) is 4.79 Å². The van der Waals surface area contributed by atoms with Crippen molar-refractivity contribution in [3.8, 4) is 5.69 Å². The van der Waals surface area contributed by atoms with Crippen molar-refractivity contribution in [2.24, 2.45) is 0 Å². The molecule has 0 aliphatic carbocycles. The molecule has 0 saturated heterocycles. The number of hydrogen-bond acceptors (Lipinski definition) is 7. The van der Waals surface area contributed by atoms with Crippen LogP contribution in [0.5, 0.6) is 0 Å². The monoisotopic (exact) mass is 553 g/mol. The Bertz CT molecular complexity index is 1780. The average molecular weight is 554 g/mol. The summed E-state index contributed by atoms with van der Waals surface area (Å²) < 4.78 is 11.4. The van der Waals surface area contributed by atoms with E-state index in [4.69, 9.17) is 33.2 Å². The van der Waals surface area contributed by atoms with Gasteiger partial charge in [-0.2, -0.15) is 0 Å². The highest BCUT2D eigenvalue weighted by Gasteiger charge is 2.19. The highest BCUT2D eigenvalue weighted by atomic mass is 35.5. The lowest BCUT2D eigenvalue weighted by molar-refractivity contribution is 0.495. The van der Waals surface area contributed by atoms with Crippen molar-refractivity contribution in [3.63, 3.8) is 0 Å². The van der Waals surface area contributed by atoms with E-state index < -0.39 is 0 Å². The number of para-hydroxylation sites is 1. The minimum absolute atomic E-state index is 0.129. The Hall–Kier alpha value is -2.69. The number of thioether (sulfide) groups is 1. The van der Waals surface area contributed by atoms with Crippen LogP contribution in [0.15, 0.2) is 86.7 Å². The maximum Gasteiger partial charge on any atom is 0.278 e. The Balaban J connectivity index is 1.49. The van der Waals surface area contributed by atoms with E-state index in [1.165, 1.54) is 27.8 Å². The highest BCUT2D eigenvalue weighted by Crippen LogP contribution is 2.34. The number of rotatable bonds is 6. The predicted octanol–water partition coefficient (Wildman–Crippen LogP) is 7.78. The van der Waals surface area contributed by atoms with Gasteiger partial charge in [-0.25, -0.2) is 4.98 Å². The van der Waals surface area contributed by atoms with E-state index in [1.54, 1.807) is 22.2 Å². The zero-order valence-electron chi connectivity index (χ0n) is 18.0. The Labute approximate surface area is 222 Å². The van der Waals surface area contributed by atoms with Crippen LogP contribution in [0.25, 0.3) is 26.1 Å². The summed E-state index contributed by atoms with van der Waals surface area (Å²) in [6.45, 7) is 0.422. The Morgan fingerprint density at radius 3 is 2.77 bits per heavy atom. The average Bonchev–Trinajstić information content (AvgIpc) is 3.59. The number of furan rings is 1. The van der Waals surface area contributed by atoms with E-state index in [2.05, 4.69) is 5.38 Å². The predicted molar refractivity (Wildman–Crippen MR) is 148 cm³/mol. The minimum atomic E-state index is -0.129. The molecule has 2 aromatic carbocycles. The molecular formula is C25H16ClN3O2S4. The first-order valence-corrected chi connectivity index (χ1v) is 14.1. The molecule has 0 spiro atoms. The van der Waals surface area contributed by atoms with Gasteiger partial charge >= 0.3 is 0 Å². The van der Waals surface area contributed by atoms with E-state index in [0.717, 1.165) is 22.4 Å². The van der Waals surface area contributed by atoms with Crippen molar-refractivity contribution < 1.29 is 4.42 Å². The van der Waals surface area contributed by atoms with Crippen LogP contribution in [-0.4, -0.2) is 14.1 Å². The zero-order valence-corrected chi connectivity index (χ0v) is 22.0. The lowest BCUT2D eigenvalue weighted by Crippen LogP contribution is -2.21. The molecule has 5 nitrogen and oxygen atoms in total. The molecule has 0 radical (unpaired) electrons. The van der Waals surface area contributed by atoms with Gasteiger partial charge in [0.25, 0.3) is 5.56 Å². The number of halogens is 1. The minimum Gasteiger partial charge on any atom is -0.467 e. The molecule has 0 aliphatic heterocycles. The lowest BCUT2D eigenvalue weighted by atomic mass is 10.2. The fourth-order valence-corrected chi connectivity index (χ4v) is 7.36. The number of hydrogen-bond donors (Lipinski definition) is 0. The van der Waals surface area contributed by atoms with E-state index in [-0.39, 0.29) is 5.56 Å². The standard InChI is InChI=1S/C25H16ClN3O2S4/c26-16-8-9-20-19(11-16)15(13-33-20)14-34-24-27-22-21(23(30)29(24)17-5-2-1-3-6-17)35-25(32)28(22)12-18-7-4-10-31-18/h1-11,13H,12,14H2. The Morgan fingerprint density at radius 1 is 1.11 bits per heavy atom. The van der Waals surface area contributed by atoms with Gasteiger partial charge < -0.3 is 4.42 Å². The van der Waals surface area contributed by atoms with E-state index in [0.29, 0.717) is 36.8 Å². The molecule has 6 rings (SSSR count). The summed E-state index contributed by atoms with van der Waals surface area (Å²) in [6, 6.07) is 19.2. The van der Waals surface area contributed by atoms with Crippen molar-refractivity contribution >= 4 is 78.7 Å². The molecule has 0 N–H and O–H groups in total. The molecule has 4 aromatic heterocycles. The molecule has 0 atom stereocenters. The van der Waals surface area contributed by atoms with Gasteiger partial charge in [-0.05, 0) is 71.0 Å². The van der Waals surface area contributed by atoms with Gasteiger partial charge in [0.1, 0.15) is 10.5 Å². The number of fused-ring (bicyclic) bond motifs is 2. The van der Waals surface area contributed by atoms with Crippen LogP contribution in [0, 0.1) is 3.95 Å². The summed E-state index contributed by atoms with van der Waals surface area (Å²) in [6.07, 6.45) is 1.63. The van der Waals surface area contributed by atoms with Crippen molar-refractivity contribution in [2.45, 2.75) is 17.5 Å². The van der Waals surface area contributed by atoms with Gasteiger partial charge in [-0.15, -0.1) is 11.3 Å². The normalized spacial score (nSPS) is 11.6. The van der Waals surface area contributed by atoms with Crippen LogP contribution in [0.4, 0.5) is 0 Å². The highest BCUT2D eigenvalue weighted by molar-refractivity contribution is 7.98. The quantitative estimate of drug-likeness (QED) is 0.120. The second kappa shape index (κ2) is 9.40. The third kappa shape index (κ3) is 4.28. The molecule has 4 heterocycles. The zero-order chi connectivity index (χ0) is 23.9. The van der Waals surface area contributed by atoms with Gasteiger partial charge in [-0.1, -0.05) is 52.9 Å². The lowest BCUT2D eigenvalue weighted by Gasteiger charge is -2.12. The SMILES string of the molecule is O=c1c2sc(=S)n(Cc3ccco3)c2nc(SCc2csc3ccc(Cl)cc23)n1-c1ccccc1. The molecule has 35 heavy (non-hydrogen) atoms. The smallest absolute Gasteiger partial charge is 0.278 e. The fourth-order valence-electron chi connectivity index (χ4n) is 3.88. The van der Waals surface area contributed by atoms with Gasteiger partial charge in [0.05, 0.1) is 18.5 Å². The Kier molecular flexibility index (Phi) is 6.11. The second-order valence-electron chi connectivity index (χ2n) is 7.75. The van der Waals surface area contributed by atoms with Crippen LogP contribution in [-0.2, 0) is 12.3 Å². The van der Waals surface area contributed by atoms with Gasteiger partial charge in [-0.3, -0.25) is 13.9 Å². The van der Waals surface area contributed by atoms with E-state index in [1.807, 2.05) is 65.2 Å². The van der Waals surface area contributed by atoms with Crippen LogP contribution >= 0.6 is 58.3 Å². The summed E-state index contributed by atoms with van der Waals surface area (Å²) in [5, 5.41) is 4.58. The number of thiophene rings is 1. The van der Waals surface area contributed by atoms with Crippen molar-refractivity contribution in [1.29, 1.82) is 0 Å². The summed E-state index contributed by atoms with van der Waals surface area (Å²) in [5.74, 6) is 1.40. The van der Waals surface area contributed by atoms with Crippen LogP contribution < -0.4 is 5.56 Å². The molecule has 0 unspecified atom stereocenters. The molecule has 174 valence electrons. The van der Waals surface area contributed by atoms with E-state index >= 15 is 0 Å². The molecular weight excluding hydrogens is 538 g/mol. The van der Waals surface area contributed by atoms with Crippen molar-refractivity contribution in [1.82, 2.24) is 14.1 Å². The summed E-state index contributed by atoms with van der Waals surface area (Å²) in [4.78, 5) is 18.7. The first kappa shape index (κ1) is 22.8. The van der Waals surface area contributed by atoms with Crippen molar-refractivity contribution in [2.75, 3.05) is 0 Å². The first-order valence-electron chi connectivity index (χ1n) is 10.6. The summed E-state index contributed by atoms with van der Waals surface area (Å²) in [7, 11) is 0. The maximum absolute atomic E-state index is 13.8.